The number of rotatable bonds is 6. The second-order valence-corrected chi connectivity index (χ2v) is 4.83. The Balaban J connectivity index is 1.85. The Morgan fingerprint density at radius 3 is 2.94 bits per heavy atom. The molecule has 0 amide bonds. The van der Waals surface area contributed by atoms with E-state index in [2.05, 4.69) is 22.8 Å². The van der Waals surface area contributed by atoms with Gasteiger partial charge in [-0.05, 0) is 18.9 Å². The summed E-state index contributed by atoms with van der Waals surface area (Å²) in [6, 6.07) is 8.28. The van der Waals surface area contributed by atoms with E-state index in [0.717, 1.165) is 25.1 Å². The van der Waals surface area contributed by atoms with E-state index >= 15 is 0 Å². The zero-order valence-electron chi connectivity index (χ0n) is 9.48. The number of anilines is 1. The molecule has 0 aliphatic carbocycles. The molecule has 0 radical (unpaired) electrons. The summed E-state index contributed by atoms with van der Waals surface area (Å²) in [5.41, 5.74) is 1.15. The van der Waals surface area contributed by atoms with Gasteiger partial charge in [0.1, 0.15) is 0 Å². The van der Waals surface area contributed by atoms with Crippen LogP contribution in [-0.4, -0.2) is 17.6 Å². The van der Waals surface area contributed by atoms with Crippen LogP contribution in [-0.2, 0) is 4.79 Å². The number of carboxylic acid groups (broad SMARTS) is 1. The van der Waals surface area contributed by atoms with Crippen LogP contribution < -0.4 is 5.32 Å². The van der Waals surface area contributed by atoms with Gasteiger partial charge >= 0.3 is 5.97 Å². The quantitative estimate of drug-likeness (QED) is 0.769. The van der Waals surface area contributed by atoms with Crippen molar-refractivity contribution >= 4 is 33.1 Å². The lowest BCUT2D eigenvalue weighted by atomic mass is 10.2. The maximum absolute atomic E-state index is 10.3. The minimum absolute atomic E-state index is 0.256. The predicted molar refractivity (Wildman–Crippen MR) is 71.8 cm³/mol. The Labute approximate surface area is 104 Å². The number of fused-ring (bicyclic) bond motifs is 1. The smallest absolute Gasteiger partial charge is 0.303 e. The van der Waals surface area contributed by atoms with Gasteiger partial charge in [-0.3, -0.25) is 4.79 Å². The van der Waals surface area contributed by atoms with Crippen molar-refractivity contribution in [2.24, 2.45) is 0 Å². The summed E-state index contributed by atoms with van der Waals surface area (Å²) in [6.07, 6.45) is 1.87. The summed E-state index contributed by atoms with van der Waals surface area (Å²) in [5, 5.41) is 15.2. The van der Waals surface area contributed by atoms with Crippen molar-refractivity contribution in [2.45, 2.75) is 19.3 Å². The van der Waals surface area contributed by atoms with Gasteiger partial charge in [0.15, 0.2) is 0 Å². The van der Waals surface area contributed by atoms with Gasteiger partial charge < -0.3 is 10.4 Å². The first-order valence-electron chi connectivity index (χ1n) is 5.69. The molecule has 2 N–H and O–H groups in total. The van der Waals surface area contributed by atoms with E-state index in [1.165, 1.54) is 10.1 Å². The number of hydrogen-bond donors (Lipinski definition) is 2. The number of unbranched alkanes of at least 4 members (excludes halogenated alkanes) is 1. The first kappa shape index (κ1) is 11.9. The van der Waals surface area contributed by atoms with E-state index < -0.39 is 5.97 Å². The van der Waals surface area contributed by atoms with Crippen LogP contribution in [0.5, 0.6) is 0 Å². The fourth-order valence-electron chi connectivity index (χ4n) is 1.74. The molecule has 1 aromatic carbocycles. The first-order valence-corrected chi connectivity index (χ1v) is 6.57. The molecule has 0 spiro atoms. The number of carbonyl (C=O) groups is 1. The van der Waals surface area contributed by atoms with Gasteiger partial charge in [0, 0.05) is 28.4 Å². The van der Waals surface area contributed by atoms with Crippen LogP contribution in [0, 0.1) is 0 Å². The normalized spacial score (nSPS) is 10.6. The number of carboxylic acids is 1. The van der Waals surface area contributed by atoms with Gasteiger partial charge in [-0.2, -0.15) is 0 Å². The zero-order chi connectivity index (χ0) is 12.1. The van der Waals surface area contributed by atoms with Crippen LogP contribution in [0.25, 0.3) is 10.1 Å². The number of thiophene rings is 1. The molecular formula is C13H15NO2S. The number of hydrogen-bond acceptors (Lipinski definition) is 3. The van der Waals surface area contributed by atoms with Crippen LogP contribution in [0.4, 0.5) is 5.69 Å². The molecule has 1 heterocycles. The van der Waals surface area contributed by atoms with Crippen molar-refractivity contribution in [3.05, 3.63) is 29.6 Å². The van der Waals surface area contributed by atoms with Gasteiger partial charge in [-0.15, -0.1) is 11.3 Å². The van der Waals surface area contributed by atoms with Crippen LogP contribution in [0.1, 0.15) is 19.3 Å². The molecule has 1 aromatic heterocycles. The minimum Gasteiger partial charge on any atom is -0.481 e. The number of aliphatic carboxylic acids is 1. The minimum atomic E-state index is -0.717. The molecule has 0 atom stereocenters. The van der Waals surface area contributed by atoms with E-state index in [9.17, 15) is 4.79 Å². The Kier molecular flexibility index (Phi) is 3.98. The van der Waals surface area contributed by atoms with Crippen molar-refractivity contribution in [3.8, 4) is 0 Å². The standard InChI is InChI=1S/C13H15NO2S/c15-13(16)7-3-4-8-14-11-9-17-12-6-2-1-5-10(11)12/h1-2,5-6,9,14H,3-4,7-8H2,(H,15,16). The van der Waals surface area contributed by atoms with E-state index in [1.54, 1.807) is 11.3 Å². The van der Waals surface area contributed by atoms with Crippen LogP contribution in [0.15, 0.2) is 29.6 Å². The lowest BCUT2D eigenvalue weighted by Crippen LogP contribution is -2.02. The molecule has 17 heavy (non-hydrogen) atoms. The third-order valence-corrected chi connectivity index (χ3v) is 3.58. The van der Waals surface area contributed by atoms with Crippen LogP contribution >= 0.6 is 11.3 Å². The average Bonchev–Trinajstić information content (AvgIpc) is 2.72. The maximum atomic E-state index is 10.3. The molecule has 0 bridgehead atoms. The van der Waals surface area contributed by atoms with Crippen molar-refractivity contribution < 1.29 is 9.90 Å². The SMILES string of the molecule is O=C(O)CCCCNc1csc2ccccc12. The highest BCUT2D eigenvalue weighted by molar-refractivity contribution is 7.17. The van der Waals surface area contributed by atoms with E-state index in [0.29, 0.717) is 0 Å². The highest BCUT2D eigenvalue weighted by Crippen LogP contribution is 2.29. The zero-order valence-corrected chi connectivity index (χ0v) is 10.3. The molecule has 2 aromatic rings. The topological polar surface area (TPSA) is 49.3 Å². The Morgan fingerprint density at radius 1 is 1.29 bits per heavy atom. The van der Waals surface area contributed by atoms with Gasteiger partial charge in [-0.1, -0.05) is 18.2 Å². The van der Waals surface area contributed by atoms with E-state index in [-0.39, 0.29) is 6.42 Å². The molecular weight excluding hydrogens is 234 g/mol. The number of nitrogens with one attached hydrogen (secondary N) is 1. The lowest BCUT2D eigenvalue weighted by molar-refractivity contribution is -0.137. The Morgan fingerprint density at radius 2 is 2.12 bits per heavy atom. The third-order valence-electron chi connectivity index (χ3n) is 2.61. The van der Waals surface area contributed by atoms with Gasteiger partial charge in [-0.25, -0.2) is 0 Å². The lowest BCUT2D eigenvalue weighted by Gasteiger charge is -2.04. The highest BCUT2D eigenvalue weighted by Gasteiger charge is 2.02. The van der Waals surface area contributed by atoms with E-state index in [1.807, 2.05) is 12.1 Å². The first-order chi connectivity index (χ1) is 8.27. The van der Waals surface area contributed by atoms with Crippen LogP contribution in [0.2, 0.25) is 0 Å². The second kappa shape index (κ2) is 5.68. The van der Waals surface area contributed by atoms with Gasteiger partial charge in [0.25, 0.3) is 0 Å². The molecule has 0 fully saturated rings. The Bertz CT molecular complexity index is 507. The summed E-state index contributed by atoms with van der Waals surface area (Å²) in [4.78, 5) is 10.3. The summed E-state index contributed by atoms with van der Waals surface area (Å²) < 4.78 is 1.28. The molecule has 2 rings (SSSR count). The molecule has 0 saturated carbocycles. The second-order valence-electron chi connectivity index (χ2n) is 3.92. The van der Waals surface area contributed by atoms with Crippen LogP contribution in [0.3, 0.4) is 0 Å². The molecule has 0 unspecified atom stereocenters. The molecule has 0 aliphatic heterocycles. The van der Waals surface area contributed by atoms with Gasteiger partial charge in [0.05, 0.1) is 5.69 Å². The summed E-state index contributed by atoms with van der Waals surface area (Å²) >= 11 is 1.73. The molecule has 0 saturated heterocycles. The van der Waals surface area contributed by atoms with Crippen molar-refractivity contribution in [2.75, 3.05) is 11.9 Å². The summed E-state index contributed by atoms with van der Waals surface area (Å²) in [6.45, 7) is 0.827. The predicted octanol–water partition coefficient (Wildman–Crippen LogP) is 3.57. The molecule has 4 heteroatoms. The van der Waals surface area contributed by atoms with Gasteiger partial charge in [0.2, 0.25) is 0 Å². The van der Waals surface area contributed by atoms with Crippen molar-refractivity contribution in [1.29, 1.82) is 0 Å². The average molecular weight is 249 g/mol. The van der Waals surface area contributed by atoms with E-state index in [4.69, 9.17) is 5.11 Å². The van der Waals surface area contributed by atoms with Crippen molar-refractivity contribution in [3.63, 3.8) is 0 Å². The monoisotopic (exact) mass is 249 g/mol. The number of benzene rings is 1. The Hall–Kier alpha value is -1.55. The summed E-state index contributed by atoms with van der Waals surface area (Å²) in [5.74, 6) is -0.717. The fraction of sp³-hybridized carbons (Fsp3) is 0.308. The molecule has 90 valence electrons. The largest absolute Gasteiger partial charge is 0.481 e. The third kappa shape index (κ3) is 3.20. The maximum Gasteiger partial charge on any atom is 0.303 e. The molecule has 3 nitrogen and oxygen atoms in total. The highest BCUT2D eigenvalue weighted by atomic mass is 32.1. The van der Waals surface area contributed by atoms with Crippen molar-refractivity contribution in [1.82, 2.24) is 0 Å². The fourth-order valence-corrected chi connectivity index (χ4v) is 2.66. The summed E-state index contributed by atoms with van der Waals surface area (Å²) in [7, 11) is 0. The molecule has 0 aliphatic rings.